The Labute approximate surface area is 86.9 Å². The first-order chi connectivity index (χ1) is 4.70. The van der Waals surface area contributed by atoms with Crippen molar-refractivity contribution in [3.8, 4) is 0 Å². The Morgan fingerprint density at radius 2 is 2.27 bits per heavy atom. The van der Waals surface area contributed by atoms with Crippen LogP contribution in [0.25, 0.3) is 0 Å². The molecule has 0 spiro atoms. The number of nitrogens with zero attached hydrogens (tertiary/aromatic N) is 1. The zero-order valence-corrected chi connectivity index (χ0v) is 8.50. The minimum Gasteiger partial charge on any atom is -0.260 e. The van der Waals surface area contributed by atoms with Crippen LogP contribution in [0.15, 0.2) is 18.2 Å². The van der Waals surface area contributed by atoms with Gasteiger partial charge in [-0.15, -0.1) is 6.07 Å². The molecule has 0 heterocycles. The van der Waals surface area contributed by atoms with E-state index in [4.69, 9.17) is 0 Å². The van der Waals surface area contributed by atoms with Crippen LogP contribution in [0.4, 0.5) is 5.69 Å². The molecule has 0 radical (unpaired) electrons. The fourth-order valence-electron chi connectivity index (χ4n) is 0.669. The summed E-state index contributed by atoms with van der Waals surface area (Å²) in [6.07, 6.45) is 0. The molecule has 0 fully saturated rings. The van der Waals surface area contributed by atoms with Crippen molar-refractivity contribution in [1.82, 2.24) is 0 Å². The molecule has 0 saturated carbocycles. The van der Waals surface area contributed by atoms with Crippen molar-refractivity contribution in [3.63, 3.8) is 0 Å². The number of hydrogen-bond acceptors (Lipinski definition) is 2. The van der Waals surface area contributed by atoms with E-state index in [9.17, 15) is 10.1 Å². The first kappa shape index (κ1) is 10.6. The van der Waals surface area contributed by atoms with Gasteiger partial charge in [0.15, 0.2) is 5.69 Å². The van der Waals surface area contributed by atoms with Crippen molar-refractivity contribution < 1.29 is 34.5 Å². The van der Waals surface area contributed by atoms with E-state index in [2.05, 4.69) is 6.07 Å². The minimum absolute atomic E-state index is 0. The van der Waals surface area contributed by atoms with E-state index in [0.717, 1.165) is 5.56 Å². The molecule has 0 aliphatic carbocycles. The fourth-order valence-corrected chi connectivity index (χ4v) is 0.669. The van der Waals surface area contributed by atoms with E-state index >= 15 is 0 Å². The van der Waals surface area contributed by atoms with Gasteiger partial charge in [-0.1, -0.05) is 13.0 Å². The second-order valence-corrected chi connectivity index (χ2v) is 2.01. The summed E-state index contributed by atoms with van der Waals surface area (Å²) in [6, 6.07) is 7.32. The van der Waals surface area contributed by atoms with Crippen molar-refractivity contribution in [1.29, 1.82) is 0 Å². The summed E-state index contributed by atoms with van der Waals surface area (Å²) in [5.74, 6) is 0. The molecule has 1 aromatic carbocycles. The van der Waals surface area contributed by atoms with Crippen LogP contribution in [0.5, 0.6) is 0 Å². The molecule has 1 aromatic rings. The summed E-state index contributed by atoms with van der Waals surface area (Å²) in [6.45, 7) is 1.81. The molecule has 0 saturated heterocycles. The van der Waals surface area contributed by atoms with Gasteiger partial charge >= 0.3 is 29.6 Å². The van der Waals surface area contributed by atoms with Crippen LogP contribution in [0.3, 0.4) is 0 Å². The van der Waals surface area contributed by atoms with Gasteiger partial charge in [-0.2, -0.15) is 17.7 Å². The predicted octanol–water partition coefficient (Wildman–Crippen LogP) is -1.29. The van der Waals surface area contributed by atoms with Gasteiger partial charge in [-0.25, -0.2) is 0 Å². The molecule has 0 bridgehead atoms. The minimum atomic E-state index is -0.451. The Hall–Kier alpha value is -0.380. The van der Waals surface area contributed by atoms with Crippen molar-refractivity contribution in [2.75, 3.05) is 0 Å². The van der Waals surface area contributed by atoms with Crippen LogP contribution in [-0.4, -0.2) is 4.92 Å². The van der Waals surface area contributed by atoms with Crippen molar-refractivity contribution in [2.45, 2.75) is 6.92 Å². The Bertz CT molecular complexity index is 262. The third-order valence-corrected chi connectivity index (χ3v) is 1.14. The van der Waals surface area contributed by atoms with E-state index in [1.165, 1.54) is 6.07 Å². The summed E-state index contributed by atoms with van der Waals surface area (Å²) in [5.41, 5.74) is 0.908. The largest absolute Gasteiger partial charge is 1.00 e. The van der Waals surface area contributed by atoms with Crippen LogP contribution in [0, 0.1) is 23.1 Å². The van der Waals surface area contributed by atoms with Crippen molar-refractivity contribution in [3.05, 3.63) is 39.9 Å². The molecule has 0 aliphatic heterocycles. The second kappa shape index (κ2) is 4.49. The van der Waals surface area contributed by atoms with E-state index in [-0.39, 0.29) is 35.2 Å². The number of aryl methyl sites for hydroxylation is 1. The molecule has 0 N–H and O–H groups in total. The molecule has 1 rings (SSSR count). The summed E-state index contributed by atoms with van der Waals surface area (Å²) < 4.78 is 0. The number of hydrogen-bond donors (Lipinski definition) is 0. The summed E-state index contributed by atoms with van der Waals surface area (Å²) in [5, 5.41) is 10.1. The maximum atomic E-state index is 10.1. The summed E-state index contributed by atoms with van der Waals surface area (Å²) in [7, 11) is 0. The molecular weight excluding hydrogens is 153 g/mol. The monoisotopic (exact) mass is 159 g/mol. The van der Waals surface area contributed by atoms with Gasteiger partial charge in [0.25, 0.3) is 0 Å². The second-order valence-electron chi connectivity index (χ2n) is 2.01. The van der Waals surface area contributed by atoms with Gasteiger partial charge in [0.1, 0.15) is 0 Å². The molecule has 52 valence electrons. The molecule has 11 heavy (non-hydrogen) atoms. The first-order valence-electron chi connectivity index (χ1n) is 2.83. The number of nitro groups is 1. The molecule has 0 amide bonds. The topological polar surface area (TPSA) is 43.1 Å². The normalized spacial score (nSPS) is 8.45. The van der Waals surface area contributed by atoms with E-state index in [1.807, 2.05) is 0 Å². The van der Waals surface area contributed by atoms with Gasteiger partial charge in [-0.05, 0) is 0 Å². The average Bonchev–Trinajstić information content (AvgIpc) is 1.88. The van der Waals surface area contributed by atoms with Crippen LogP contribution in [-0.2, 0) is 0 Å². The number of rotatable bonds is 1. The van der Waals surface area contributed by atoms with Gasteiger partial charge in [0, 0.05) is 4.92 Å². The summed E-state index contributed by atoms with van der Waals surface area (Å²) >= 11 is 0. The third kappa shape index (κ3) is 3.01. The third-order valence-electron chi connectivity index (χ3n) is 1.14. The van der Waals surface area contributed by atoms with Gasteiger partial charge in [0.2, 0.25) is 0 Å². The molecule has 0 atom stereocenters. The maximum Gasteiger partial charge on any atom is 1.00 e. The molecule has 0 aliphatic rings. The Morgan fingerprint density at radius 1 is 1.64 bits per heavy atom. The van der Waals surface area contributed by atoms with Crippen LogP contribution in [0.1, 0.15) is 5.56 Å². The quantitative estimate of drug-likeness (QED) is 0.221. The van der Waals surface area contributed by atoms with Gasteiger partial charge in [0.05, 0.1) is 0 Å². The number of non-ortho nitro benzene ring substituents is 1. The van der Waals surface area contributed by atoms with Gasteiger partial charge in [-0.3, -0.25) is 10.1 Å². The predicted molar refractivity (Wildman–Crippen MR) is 36.7 cm³/mol. The Morgan fingerprint density at radius 3 is 2.64 bits per heavy atom. The van der Waals surface area contributed by atoms with Crippen LogP contribution >= 0.6 is 0 Å². The number of benzene rings is 1. The standard InChI is InChI=1S/C7H6NO2.Na/c1-6-3-2-4-7(5-6)8(9)10;/h2-3,5H,1H3;/q-1;+1. The van der Waals surface area contributed by atoms with E-state index in [1.54, 1.807) is 19.1 Å². The van der Waals surface area contributed by atoms with E-state index < -0.39 is 4.92 Å². The molecule has 4 heteroatoms. The van der Waals surface area contributed by atoms with E-state index in [0.29, 0.717) is 0 Å². The van der Waals surface area contributed by atoms with Gasteiger partial charge < -0.3 is 0 Å². The SMILES string of the molecule is Cc1cc[c-]c([N+](=O)[O-])c1.[Na+]. The average molecular weight is 159 g/mol. The van der Waals surface area contributed by atoms with Crippen LogP contribution in [0.2, 0.25) is 0 Å². The first-order valence-corrected chi connectivity index (χ1v) is 2.83. The summed E-state index contributed by atoms with van der Waals surface area (Å²) in [4.78, 5) is 9.68. The van der Waals surface area contributed by atoms with Crippen molar-refractivity contribution >= 4 is 5.69 Å². The number of nitro benzene ring substituents is 1. The molecular formula is C7H6NNaO2. The van der Waals surface area contributed by atoms with Crippen LogP contribution < -0.4 is 29.6 Å². The molecule has 0 aromatic heterocycles. The Balaban J connectivity index is 0.000001000. The smallest absolute Gasteiger partial charge is 0.260 e. The maximum absolute atomic E-state index is 10.1. The molecule has 3 nitrogen and oxygen atoms in total. The Kier molecular flexibility index (Phi) is 4.33. The zero-order valence-electron chi connectivity index (χ0n) is 6.50. The molecule has 0 unspecified atom stereocenters. The fraction of sp³-hybridized carbons (Fsp3) is 0.143. The zero-order chi connectivity index (χ0) is 7.56. The van der Waals surface area contributed by atoms with Crippen molar-refractivity contribution in [2.24, 2.45) is 0 Å².